The molecular weight excluding hydrogens is 180 g/mol. The molecule has 1 rings (SSSR count). The largest absolute Gasteiger partial charge is 0.508 e. The zero-order valence-electron chi connectivity index (χ0n) is 8.16. The SMILES string of the molecule is CCOC(=O)OCCc1cc[c]cc1. The molecule has 0 saturated carbocycles. The van der Waals surface area contributed by atoms with Gasteiger partial charge in [0.05, 0.1) is 13.2 Å². The van der Waals surface area contributed by atoms with Crippen LogP contribution in [0.25, 0.3) is 0 Å². The second-order valence-electron chi connectivity index (χ2n) is 2.69. The molecule has 0 aliphatic carbocycles. The molecule has 0 unspecified atom stereocenters. The molecule has 0 heterocycles. The van der Waals surface area contributed by atoms with Crippen LogP contribution in [0.15, 0.2) is 24.3 Å². The fourth-order valence-electron chi connectivity index (χ4n) is 1.000. The maximum atomic E-state index is 10.8. The van der Waals surface area contributed by atoms with E-state index in [4.69, 9.17) is 4.74 Å². The monoisotopic (exact) mass is 193 g/mol. The van der Waals surface area contributed by atoms with E-state index in [2.05, 4.69) is 10.8 Å². The molecule has 0 amide bonds. The Morgan fingerprint density at radius 3 is 2.71 bits per heavy atom. The Morgan fingerprint density at radius 1 is 1.36 bits per heavy atom. The highest BCUT2D eigenvalue weighted by Gasteiger charge is 2.01. The topological polar surface area (TPSA) is 35.5 Å². The molecule has 75 valence electrons. The van der Waals surface area contributed by atoms with Crippen LogP contribution in [-0.4, -0.2) is 19.4 Å². The highest BCUT2D eigenvalue weighted by Crippen LogP contribution is 1.99. The average Bonchev–Trinajstić information content (AvgIpc) is 2.20. The second kappa shape index (κ2) is 6.02. The summed E-state index contributed by atoms with van der Waals surface area (Å²) < 4.78 is 9.43. The van der Waals surface area contributed by atoms with E-state index in [1.54, 1.807) is 6.92 Å². The highest BCUT2D eigenvalue weighted by atomic mass is 16.7. The van der Waals surface area contributed by atoms with E-state index < -0.39 is 6.16 Å². The Bertz CT molecular complexity index is 269. The Balaban J connectivity index is 2.19. The summed E-state index contributed by atoms with van der Waals surface area (Å²) in [7, 11) is 0. The first-order chi connectivity index (χ1) is 6.83. The number of hydrogen-bond donors (Lipinski definition) is 0. The molecule has 0 aliphatic heterocycles. The van der Waals surface area contributed by atoms with Crippen LogP contribution in [0.2, 0.25) is 0 Å². The van der Waals surface area contributed by atoms with Gasteiger partial charge in [-0.2, -0.15) is 0 Å². The van der Waals surface area contributed by atoms with Crippen molar-refractivity contribution in [3.05, 3.63) is 35.9 Å². The zero-order chi connectivity index (χ0) is 10.2. The van der Waals surface area contributed by atoms with Gasteiger partial charge in [0, 0.05) is 6.42 Å². The fourth-order valence-corrected chi connectivity index (χ4v) is 1.000. The molecule has 3 nitrogen and oxygen atoms in total. The number of carbonyl (C=O) groups excluding carboxylic acids is 1. The van der Waals surface area contributed by atoms with Gasteiger partial charge in [0.25, 0.3) is 0 Å². The Hall–Kier alpha value is -1.51. The molecule has 14 heavy (non-hydrogen) atoms. The minimum atomic E-state index is -0.602. The van der Waals surface area contributed by atoms with Crippen molar-refractivity contribution in [1.82, 2.24) is 0 Å². The van der Waals surface area contributed by atoms with Gasteiger partial charge in [-0.15, -0.1) is 0 Å². The third kappa shape index (κ3) is 3.94. The Labute approximate surface area is 83.6 Å². The second-order valence-corrected chi connectivity index (χ2v) is 2.69. The lowest BCUT2D eigenvalue weighted by atomic mass is 10.2. The third-order valence-electron chi connectivity index (χ3n) is 1.66. The molecule has 0 atom stereocenters. The van der Waals surface area contributed by atoms with Gasteiger partial charge in [-0.05, 0) is 18.6 Å². The van der Waals surface area contributed by atoms with Crippen molar-refractivity contribution in [2.45, 2.75) is 13.3 Å². The Morgan fingerprint density at radius 2 is 2.07 bits per heavy atom. The van der Waals surface area contributed by atoms with E-state index in [0.29, 0.717) is 19.6 Å². The third-order valence-corrected chi connectivity index (χ3v) is 1.66. The molecule has 0 aromatic heterocycles. The van der Waals surface area contributed by atoms with Gasteiger partial charge in [0.15, 0.2) is 0 Å². The van der Waals surface area contributed by atoms with E-state index in [1.807, 2.05) is 24.3 Å². The number of ether oxygens (including phenoxy) is 2. The predicted octanol–water partition coefficient (Wildman–Crippen LogP) is 2.20. The number of hydrogen-bond acceptors (Lipinski definition) is 3. The summed E-state index contributed by atoms with van der Waals surface area (Å²) in [6.07, 6.45) is 0.100. The normalized spacial score (nSPS) is 9.50. The molecule has 3 heteroatoms. The van der Waals surface area contributed by atoms with Crippen LogP contribution in [0.5, 0.6) is 0 Å². The quantitative estimate of drug-likeness (QED) is 0.688. The van der Waals surface area contributed by atoms with Crippen LogP contribution in [0, 0.1) is 6.07 Å². The smallest absolute Gasteiger partial charge is 0.435 e. The minimum absolute atomic E-state index is 0.346. The summed E-state index contributed by atoms with van der Waals surface area (Å²) in [5.41, 5.74) is 1.12. The molecule has 0 N–H and O–H groups in total. The molecule has 0 spiro atoms. The van der Waals surface area contributed by atoms with Crippen LogP contribution in [0.1, 0.15) is 12.5 Å². The molecule has 0 saturated heterocycles. The van der Waals surface area contributed by atoms with Gasteiger partial charge in [0.2, 0.25) is 0 Å². The zero-order valence-corrected chi connectivity index (χ0v) is 8.16. The summed E-state index contributed by atoms with van der Waals surface area (Å²) in [5.74, 6) is 0. The van der Waals surface area contributed by atoms with Gasteiger partial charge in [-0.3, -0.25) is 0 Å². The van der Waals surface area contributed by atoms with Crippen LogP contribution in [-0.2, 0) is 15.9 Å². The number of benzene rings is 1. The summed E-state index contributed by atoms with van der Waals surface area (Å²) in [5, 5.41) is 0. The first kappa shape index (κ1) is 10.6. The van der Waals surface area contributed by atoms with Crippen molar-refractivity contribution < 1.29 is 14.3 Å². The molecule has 0 fully saturated rings. The molecule has 1 aromatic carbocycles. The highest BCUT2D eigenvalue weighted by molar-refractivity contribution is 5.59. The predicted molar refractivity (Wildman–Crippen MR) is 52.0 cm³/mol. The van der Waals surface area contributed by atoms with Crippen molar-refractivity contribution in [3.8, 4) is 0 Å². The van der Waals surface area contributed by atoms with Gasteiger partial charge < -0.3 is 9.47 Å². The van der Waals surface area contributed by atoms with Crippen LogP contribution >= 0.6 is 0 Å². The number of rotatable bonds is 4. The van der Waals surface area contributed by atoms with Gasteiger partial charge in [-0.25, -0.2) is 4.79 Å². The van der Waals surface area contributed by atoms with Crippen LogP contribution in [0.3, 0.4) is 0 Å². The fraction of sp³-hybridized carbons (Fsp3) is 0.364. The molecule has 1 radical (unpaired) electrons. The molecular formula is C11H13O3. The van der Waals surface area contributed by atoms with Gasteiger partial charge >= 0.3 is 6.16 Å². The molecule has 1 aromatic rings. The summed E-state index contributed by atoms with van der Waals surface area (Å²) >= 11 is 0. The first-order valence-electron chi connectivity index (χ1n) is 4.57. The van der Waals surface area contributed by atoms with Crippen molar-refractivity contribution in [2.75, 3.05) is 13.2 Å². The maximum Gasteiger partial charge on any atom is 0.508 e. The lowest BCUT2D eigenvalue weighted by Gasteiger charge is -2.03. The lowest BCUT2D eigenvalue weighted by Crippen LogP contribution is -2.09. The van der Waals surface area contributed by atoms with E-state index in [9.17, 15) is 4.79 Å². The lowest BCUT2D eigenvalue weighted by molar-refractivity contribution is 0.0599. The Kier molecular flexibility index (Phi) is 4.55. The summed E-state index contributed by atoms with van der Waals surface area (Å²) in [6.45, 7) is 2.44. The van der Waals surface area contributed by atoms with Crippen molar-refractivity contribution in [3.63, 3.8) is 0 Å². The molecule has 0 aliphatic rings. The average molecular weight is 193 g/mol. The molecule has 0 bridgehead atoms. The minimum Gasteiger partial charge on any atom is -0.435 e. The first-order valence-corrected chi connectivity index (χ1v) is 4.57. The van der Waals surface area contributed by atoms with Crippen LogP contribution < -0.4 is 0 Å². The van der Waals surface area contributed by atoms with E-state index in [0.717, 1.165) is 5.56 Å². The van der Waals surface area contributed by atoms with E-state index in [1.165, 1.54) is 0 Å². The van der Waals surface area contributed by atoms with Gasteiger partial charge in [0.1, 0.15) is 0 Å². The summed E-state index contributed by atoms with van der Waals surface area (Å²) in [4.78, 5) is 10.8. The maximum absolute atomic E-state index is 10.8. The van der Waals surface area contributed by atoms with E-state index in [-0.39, 0.29) is 0 Å². The summed E-state index contributed by atoms with van der Waals surface area (Å²) in [6, 6.07) is 10.5. The number of carbonyl (C=O) groups is 1. The van der Waals surface area contributed by atoms with Crippen molar-refractivity contribution >= 4 is 6.16 Å². The van der Waals surface area contributed by atoms with Crippen molar-refractivity contribution in [1.29, 1.82) is 0 Å². The standard InChI is InChI=1S/C11H13O3/c1-2-13-11(12)14-9-8-10-6-4-3-5-7-10/h4-7H,2,8-9H2,1H3. The van der Waals surface area contributed by atoms with E-state index >= 15 is 0 Å². The van der Waals surface area contributed by atoms with Gasteiger partial charge in [-0.1, -0.05) is 24.3 Å². The van der Waals surface area contributed by atoms with Crippen molar-refractivity contribution in [2.24, 2.45) is 0 Å². The van der Waals surface area contributed by atoms with Crippen LogP contribution in [0.4, 0.5) is 4.79 Å².